The van der Waals surface area contributed by atoms with Crippen LogP contribution >= 0.6 is 11.3 Å². The standard InChI is InChI=1S/C15H11NO3S/c1-10(17)19-12-8-5-9-16-14(18)13(20-15(12)16)11-6-3-2-4-7-11/h2-9H,1H3/p+1. The first-order chi connectivity index (χ1) is 9.66. The lowest BCUT2D eigenvalue weighted by Gasteiger charge is -1.96. The zero-order valence-corrected chi connectivity index (χ0v) is 11.6. The lowest BCUT2D eigenvalue weighted by Crippen LogP contribution is -2.19. The number of nitrogens with zero attached hydrogens (tertiary/aromatic N) is 1. The van der Waals surface area contributed by atoms with Crippen LogP contribution in [0.4, 0.5) is 0 Å². The number of carbonyl (C=O) groups is 1. The van der Waals surface area contributed by atoms with Crippen LogP contribution in [0.25, 0.3) is 15.3 Å². The van der Waals surface area contributed by atoms with Gasteiger partial charge in [-0.3, -0.25) is 4.79 Å². The summed E-state index contributed by atoms with van der Waals surface area (Å²) in [6.07, 6.45) is 1.74. The molecule has 0 unspecified atom stereocenters. The van der Waals surface area contributed by atoms with Crippen LogP contribution in [0, 0.1) is 0 Å². The summed E-state index contributed by atoms with van der Waals surface area (Å²) in [5, 5.41) is 10.3. The van der Waals surface area contributed by atoms with Crippen LogP contribution in [0.5, 0.6) is 11.6 Å². The van der Waals surface area contributed by atoms with Gasteiger partial charge in [-0.15, -0.1) is 4.40 Å². The van der Waals surface area contributed by atoms with Gasteiger partial charge in [-0.05, 0) is 6.07 Å². The minimum Gasteiger partial charge on any atom is -0.458 e. The highest BCUT2D eigenvalue weighted by molar-refractivity contribution is 7.20. The van der Waals surface area contributed by atoms with Crippen LogP contribution in [0.1, 0.15) is 6.92 Å². The molecule has 1 N–H and O–H groups in total. The van der Waals surface area contributed by atoms with E-state index in [2.05, 4.69) is 0 Å². The van der Waals surface area contributed by atoms with Crippen molar-refractivity contribution in [3.8, 4) is 22.1 Å². The Morgan fingerprint density at radius 1 is 1.20 bits per heavy atom. The minimum atomic E-state index is -0.382. The number of fused-ring (bicyclic) bond motifs is 1. The lowest BCUT2D eigenvalue weighted by atomic mass is 10.2. The number of hydrogen-bond acceptors (Lipinski definition) is 4. The fourth-order valence-corrected chi connectivity index (χ4v) is 3.10. The molecule has 0 aliphatic rings. The summed E-state index contributed by atoms with van der Waals surface area (Å²) in [6.45, 7) is 1.36. The molecule has 0 atom stereocenters. The van der Waals surface area contributed by atoms with Gasteiger partial charge in [0.2, 0.25) is 5.75 Å². The van der Waals surface area contributed by atoms with Crippen molar-refractivity contribution in [2.75, 3.05) is 0 Å². The van der Waals surface area contributed by atoms with E-state index >= 15 is 0 Å². The topological polar surface area (TPSA) is 50.6 Å². The fraction of sp³-hybridized carbons (Fsp3) is 0.0667. The maximum atomic E-state index is 11.1. The third kappa shape index (κ3) is 2.12. The molecule has 0 saturated heterocycles. The molecule has 4 nitrogen and oxygen atoms in total. The molecule has 0 radical (unpaired) electrons. The van der Waals surface area contributed by atoms with Crippen molar-refractivity contribution in [1.82, 2.24) is 0 Å². The second-order valence-corrected chi connectivity index (χ2v) is 5.26. The number of esters is 1. The van der Waals surface area contributed by atoms with E-state index in [1.165, 1.54) is 18.3 Å². The van der Waals surface area contributed by atoms with Gasteiger partial charge in [0, 0.05) is 18.6 Å². The van der Waals surface area contributed by atoms with Crippen molar-refractivity contribution >= 4 is 22.1 Å². The molecule has 2 heterocycles. The highest BCUT2D eigenvalue weighted by Gasteiger charge is 2.25. The van der Waals surface area contributed by atoms with Crippen LogP contribution in [0.3, 0.4) is 0 Å². The summed E-state index contributed by atoms with van der Waals surface area (Å²) in [7, 11) is 0. The van der Waals surface area contributed by atoms with E-state index in [0.717, 1.165) is 10.4 Å². The first kappa shape index (κ1) is 12.6. The van der Waals surface area contributed by atoms with Crippen molar-refractivity contribution in [2.45, 2.75) is 6.92 Å². The molecule has 0 bridgehead atoms. The molecule has 5 heteroatoms. The molecule has 1 aromatic carbocycles. The summed E-state index contributed by atoms with van der Waals surface area (Å²) in [5.74, 6) is 0.208. The summed E-state index contributed by atoms with van der Waals surface area (Å²) >= 11 is 1.38. The van der Waals surface area contributed by atoms with E-state index in [4.69, 9.17) is 4.74 Å². The second-order valence-electron chi connectivity index (χ2n) is 4.26. The van der Waals surface area contributed by atoms with Gasteiger partial charge in [-0.2, -0.15) is 0 Å². The van der Waals surface area contributed by atoms with E-state index < -0.39 is 0 Å². The molecule has 0 aliphatic heterocycles. The van der Waals surface area contributed by atoms with Crippen LogP contribution < -0.4 is 9.14 Å². The van der Waals surface area contributed by atoms with Gasteiger partial charge >= 0.3 is 16.7 Å². The summed E-state index contributed by atoms with van der Waals surface area (Å²) < 4.78 is 6.79. The van der Waals surface area contributed by atoms with Crippen LogP contribution in [-0.2, 0) is 4.79 Å². The van der Waals surface area contributed by atoms with Gasteiger partial charge in [0.25, 0.3) is 0 Å². The average Bonchev–Trinajstić information content (AvgIpc) is 2.78. The quantitative estimate of drug-likeness (QED) is 0.582. The molecule has 0 saturated carbocycles. The Morgan fingerprint density at radius 2 is 1.95 bits per heavy atom. The normalized spacial score (nSPS) is 10.7. The Morgan fingerprint density at radius 3 is 2.65 bits per heavy atom. The van der Waals surface area contributed by atoms with E-state index in [1.807, 2.05) is 30.3 Å². The lowest BCUT2D eigenvalue weighted by molar-refractivity contribution is -0.518. The first-order valence-corrected chi connectivity index (χ1v) is 6.88. The largest absolute Gasteiger partial charge is 0.458 e. The molecular formula is C15H12NO3S+. The SMILES string of the molecule is CC(=O)Oc1ccc[n+]2c(O)c(-c3ccccc3)sc12. The van der Waals surface area contributed by atoms with E-state index in [1.54, 1.807) is 22.7 Å². The monoisotopic (exact) mass is 286 g/mol. The van der Waals surface area contributed by atoms with Gasteiger partial charge in [-0.1, -0.05) is 41.7 Å². The third-order valence-electron chi connectivity index (χ3n) is 2.83. The number of carbonyl (C=O) groups excluding carboxylic acids is 1. The molecule has 20 heavy (non-hydrogen) atoms. The molecule has 2 aromatic heterocycles. The molecule has 3 rings (SSSR count). The predicted octanol–water partition coefficient (Wildman–Crippen LogP) is 2.78. The molecule has 0 amide bonds. The Kier molecular flexibility index (Phi) is 3.12. The smallest absolute Gasteiger partial charge is 0.390 e. The van der Waals surface area contributed by atoms with Crippen LogP contribution in [0.2, 0.25) is 0 Å². The zero-order valence-electron chi connectivity index (χ0n) is 10.7. The maximum absolute atomic E-state index is 11.1. The van der Waals surface area contributed by atoms with E-state index in [-0.39, 0.29) is 11.8 Å². The Balaban J connectivity index is 2.22. The van der Waals surface area contributed by atoms with Crippen molar-refractivity contribution < 1.29 is 19.0 Å². The summed E-state index contributed by atoms with van der Waals surface area (Å²) in [4.78, 5) is 12.6. The van der Waals surface area contributed by atoms with Crippen LogP contribution in [-0.4, -0.2) is 11.1 Å². The van der Waals surface area contributed by atoms with Gasteiger partial charge < -0.3 is 9.84 Å². The highest BCUT2D eigenvalue weighted by atomic mass is 32.1. The molecule has 3 aromatic rings. The summed E-state index contributed by atoms with van der Waals surface area (Å²) in [5.41, 5.74) is 0.924. The number of thiazole rings is 1. The van der Waals surface area contributed by atoms with Gasteiger partial charge in [-0.25, -0.2) is 0 Å². The number of aromatic hydroxyl groups is 1. The van der Waals surface area contributed by atoms with Crippen molar-refractivity contribution in [1.29, 1.82) is 0 Å². The highest BCUT2D eigenvalue weighted by Crippen LogP contribution is 2.36. The molecule has 0 aliphatic carbocycles. The van der Waals surface area contributed by atoms with Gasteiger partial charge in [0.15, 0.2) is 11.1 Å². The number of ether oxygens (including phenoxy) is 1. The molecular weight excluding hydrogens is 274 g/mol. The Labute approximate surface area is 119 Å². The average molecular weight is 286 g/mol. The zero-order chi connectivity index (χ0) is 14.1. The van der Waals surface area contributed by atoms with E-state index in [0.29, 0.717) is 10.6 Å². The molecule has 0 spiro atoms. The second kappa shape index (κ2) is 4.94. The fourth-order valence-electron chi connectivity index (χ4n) is 2.00. The number of hydrogen-bond donors (Lipinski definition) is 1. The van der Waals surface area contributed by atoms with Crippen molar-refractivity contribution in [2.24, 2.45) is 0 Å². The maximum Gasteiger partial charge on any atom is 0.390 e. The van der Waals surface area contributed by atoms with E-state index in [9.17, 15) is 9.90 Å². The number of pyridine rings is 1. The number of rotatable bonds is 2. The van der Waals surface area contributed by atoms with Gasteiger partial charge in [0.05, 0.1) is 0 Å². The predicted molar refractivity (Wildman–Crippen MR) is 75.9 cm³/mol. The van der Waals surface area contributed by atoms with Crippen molar-refractivity contribution in [3.63, 3.8) is 0 Å². The number of aromatic nitrogens is 1. The third-order valence-corrected chi connectivity index (χ3v) is 4.05. The Hall–Kier alpha value is -2.40. The Bertz CT molecular complexity index is 780. The van der Waals surface area contributed by atoms with Crippen LogP contribution in [0.15, 0.2) is 48.7 Å². The first-order valence-electron chi connectivity index (χ1n) is 6.07. The summed E-state index contributed by atoms with van der Waals surface area (Å²) in [6, 6.07) is 13.0. The molecule has 100 valence electrons. The number of benzene rings is 1. The van der Waals surface area contributed by atoms with Crippen molar-refractivity contribution in [3.05, 3.63) is 48.7 Å². The molecule has 0 fully saturated rings. The van der Waals surface area contributed by atoms with Gasteiger partial charge in [0.1, 0.15) is 0 Å². The minimum absolute atomic E-state index is 0.144.